The average molecular weight is 636 g/mol. The van der Waals surface area contributed by atoms with E-state index in [1.807, 2.05) is 32.7 Å². The third-order valence-electron chi connectivity index (χ3n) is 8.37. The molecule has 1 aromatic carbocycles. The number of hydrogen-bond acceptors (Lipinski definition) is 8. The van der Waals surface area contributed by atoms with Crippen LogP contribution in [-0.2, 0) is 18.0 Å². The van der Waals surface area contributed by atoms with Crippen LogP contribution in [0.1, 0.15) is 36.7 Å². The van der Waals surface area contributed by atoms with Crippen LogP contribution in [0.15, 0.2) is 35.5 Å². The van der Waals surface area contributed by atoms with E-state index in [4.69, 9.17) is 4.74 Å². The number of ether oxygens (including phenoxy) is 1. The van der Waals surface area contributed by atoms with Crippen molar-refractivity contribution >= 4 is 23.2 Å². The number of halogens is 5. The van der Waals surface area contributed by atoms with Gasteiger partial charge in [0, 0.05) is 81.6 Å². The molecule has 242 valence electrons. The number of aromatic nitrogens is 3. The SMILES string of the molecule is CC1CN(c2ncc(-c3c(F)cc(N4CC(C)N(C)C(C)C4)c(NC(=O)c4cn(C)c(=O)cc4C(F)(F)F)c3F)cn2)CCO1. The summed E-state index contributed by atoms with van der Waals surface area (Å²) in [6, 6.07) is 1.27. The number of nitrogens with zero attached hydrogens (tertiary/aromatic N) is 6. The van der Waals surface area contributed by atoms with Gasteiger partial charge in [0.15, 0.2) is 5.82 Å². The molecule has 2 aliphatic heterocycles. The van der Waals surface area contributed by atoms with Crippen molar-refractivity contribution in [3.05, 3.63) is 63.8 Å². The van der Waals surface area contributed by atoms with Gasteiger partial charge in [0.25, 0.3) is 11.5 Å². The van der Waals surface area contributed by atoms with Gasteiger partial charge in [-0.2, -0.15) is 13.2 Å². The van der Waals surface area contributed by atoms with Crippen molar-refractivity contribution in [1.29, 1.82) is 0 Å². The number of benzene rings is 1. The molecule has 0 saturated carbocycles. The van der Waals surface area contributed by atoms with Gasteiger partial charge in [0.2, 0.25) is 5.95 Å². The molecule has 1 N–H and O–H groups in total. The Hall–Kier alpha value is -4.11. The molecule has 0 radical (unpaired) electrons. The Morgan fingerprint density at radius 1 is 1.00 bits per heavy atom. The van der Waals surface area contributed by atoms with Crippen molar-refractivity contribution in [3.8, 4) is 11.1 Å². The Kier molecular flexibility index (Phi) is 8.86. The maximum absolute atomic E-state index is 16.5. The molecule has 45 heavy (non-hydrogen) atoms. The number of carbonyl (C=O) groups is 1. The summed E-state index contributed by atoms with van der Waals surface area (Å²) in [7, 11) is 3.11. The smallest absolute Gasteiger partial charge is 0.375 e. The van der Waals surface area contributed by atoms with E-state index in [0.29, 0.717) is 44.8 Å². The monoisotopic (exact) mass is 635 g/mol. The second-order valence-corrected chi connectivity index (χ2v) is 11.6. The summed E-state index contributed by atoms with van der Waals surface area (Å²) in [5.41, 5.74) is -4.48. The lowest BCUT2D eigenvalue weighted by Crippen LogP contribution is -2.55. The van der Waals surface area contributed by atoms with Gasteiger partial charge < -0.3 is 24.4 Å². The standard InChI is InChI=1S/C30H34F5N7O3/c1-16-12-42(13-17(2)40(16)5)23-9-22(31)25(19-10-36-29(37-11-19)41-6-7-45-18(3)14-41)26(32)27(23)38-28(44)20-15-39(4)24(43)8-21(20)30(33,34)35/h8-11,15-18H,6-7,12-14H2,1-5H3,(H,38,44). The van der Waals surface area contributed by atoms with Gasteiger partial charge in [0.1, 0.15) is 11.5 Å². The fraction of sp³-hybridized carbons (Fsp3) is 0.467. The topological polar surface area (TPSA) is 95.8 Å². The highest BCUT2D eigenvalue weighted by Crippen LogP contribution is 2.40. The van der Waals surface area contributed by atoms with Crippen molar-refractivity contribution in [2.75, 3.05) is 55.0 Å². The first-order valence-corrected chi connectivity index (χ1v) is 14.4. The normalized spacial score (nSPS) is 21.2. The third kappa shape index (κ3) is 6.50. The minimum Gasteiger partial charge on any atom is -0.375 e. The number of piperazine rings is 1. The van der Waals surface area contributed by atoms with Crippen molar-refractivity contribution in [3.63, 3.8) is 0 Å². The number of hydrogen-bond donors (Lipinski definition) is 1. The summed E-state index contributed by atoms with van der Waals surface area (Å²) >= 11 is 0. The molecule has 3 unspecified atom stereocenters. The van der Waals surface area contributed by atoms with E-state index in [9.17, 15) is 22.8 Å². The van der Waals surface area contributed by atoms with Gasteiger partial charge in [-0.1, -0.05) is 0 Å². The molecule has 5 rings (SSSR count). The molecule has 4 heterocycles. The van der Waals surface area contributed by atoms with Crippen LogP contribution in [0, 0.1) is 11.6 Å². The van der Waals surface area contributed by atoms with Crippen LogP contribution in [0.5, 0.6) is 0 Å². The lowest BCUT2D eigenvalue weighted by Gasteiger charge is -2.44. The Morgan fingerprint density at radius 3 is 2.24 bits per heavy atom. The highest BCUT2D eigenvalue weighted by Gasteiger charge is 2.37. The molecule has 0 bridgehead atoms. The highest BCUT2D eigenvalue weighted by atomic mass is 19.4. The molecule has 15 heteroatoms. The zero-order chi connectivity index (χ0) is 32.8. The third-order valence-corrected chi connectivity index (χ3v) is 8.37. The van der Waals surface area contributed by atoms with Gasteiger partial charge in [-0.3, -0.25) is 14.5 Å². The second-order valence-electron chi connectivity index (χ2n) is 11.6. The number of anilines is 3. The predicted octanol–water partition coefficient (Wildman–Crippen LogP) is 4.15. The van der Waals surface area contributed by atoms with Crippen LogP contribution in [0.4, 0.5) is 39.3 Å². The second kappa shape index (κ2) is 12.4. The summed E-state index contributed by atoms with van der Waals surface area (Å²) in [6.07, 6.45) is -1.86. The van der Waals surface area contributed by atoms with E-state index < -0.39 is 51.7 Å². The van der Waals surface area contributed by atoms with Crippen molar-refractivity contribution < 1.29 is 31.5 Å². The van der Waals surface area contributed by atoms with E-state index in [-0.39, 0.29) is 29.4 Å². The first-order valence-electron chi connectivity index (χ1n) is 14.4. The van der Waals surface area contributed by atoms with Crippen molar-refractivity contribution in [2.24, 2.45) is 7.05 Å². The quantitative estimate of drug-likeness (QED) is 0.418. The van der Waals surface area contributed by atoms with Gasteiger partial charge in [0.05, 0.1) is 35.1 Å². The van der Waals surface area contributed by atoms with E-state index in [1.165, 1.54) is 19.4 Å². The summed E-state index contributed by atoms with van der Waals surface area (Å²) in [5, 5.41) is 2.28. The van der Waals surface area contributed by atoms with Crippen molar-refractivity contribution in [1.82, 2.24) is 19.4 Å². The van der Waals surface area contributed by atoms with Crippen LogP contribution in [0.25, 0.3) is 11.1 Å². The van der Waals surface area contributed by atoms with E-state index in [2.05, 4.69) is 20.2 Å². The predicted molar refractivity (Wildman–Crippen MR) is 159 cm³/mol. The maximum atomic E-state index is 16.5. The van der Waals surface area contributed by atoms with E-state index in [1.54, 1.807) is 4.90 Å². The van der Waals surface area contributed by atoms with Crippen molar-refractivity contribution in [2.45, 2.75) is 45.1 Å². The van der Waals surface area contributed by atoms with Gasteiger partial charge >= 0.3 is 6.18 Å². The first-order chi connectivity index (χ1) is 21.1. The molecule has 0 aliphatic carbocycles. The van der Waals surface area contributed by atoms with Crippen LogP contribution >= 0.6 is 0 Å². The number of alkyl halides is 3. The van der Waals surface area contributed by atoms with Crippen LogP contribution in [0.2, 0.25) is 0 Å². The summed E-state index contributed by atoms with van der Waals surface area (Å²) in [6.45, 7) is 7.93. The van der Waals surface area contributed by atoms with Crippen LogP contribution in [0.3, 0.4) is 0 Å². The Morgan fingerprint density at radius 2 is 1.64 bits per heavy atom. The lowest BCUT2D eigenvalue weighted by molar-refractivity contribution is -0.138. The van der Waals surface area contributed by atoms with E-state index in [0.717, 1.165) is 16.8 Å². The molecule has 0 spiro atoms. The maximum Gasteiger partial charge on any atom is 0.417 e. The molecule has 2 aromatic heterocycles. The van der Waals surface area contributed by atoms with Gasteiger partial charge in [-0.15, -0.1) is 0 Å². The molecular formula is C30H34F5N7O3. The summed E-state index contributed by atoms with van der Waals surface area (Å²) < 4.78 is 80.3. The molecule has 1 amide bonds. The number of likely N-dealkylation sites (N-methyl/N-ethyl adjacent to an activating group) is 1. The minimum atomic E-state index is -5.05. The number of morpholine rings is 1. The molecular weight excluding hydrogens is 601 g/mol. The molecule has 2 fully saturated rings. The Bertz CT molecular complexity index is 1630. The molecule has 3 aromatic rings. The van der Waals surface area contributed by atoms with Gasteiger partial charge in [-0.25, -0.2) is 18.7 Å². The summed E-state index contributed by atoms with van der Waals surface area (Å²) in [5.74, 6) is -3.14. The Balaban J connectivity index is 1.60. The zero-order valence-electron chi connectivity index (χ0n) is 25.5. The minimum absolute atomic E-state index is 0.0321. The molecule has 2 saturated heterocycles. The zero-order valence-corrected chi connectivity index (χ0v) is 25.5. The average Bonchev–Trinajstić information content (AvgIpc) is 2.98. The number of pyridine rings is 1. The molecule has 2 aliphatic rings. The lowest BCUT2D eigenvalue weighted by atomic mass is 10.0. The fourth-order valence-electron chi connectivity index (χ4n) is 5.68. The Labute approximate surface area is 256 Å². The van der Waals surface area contributed by atoms with Crippen LogP contribution < -0.4 is 20.7 Å². The fourth-order valence-corrected chi connectivity index (χ4v) is 5.68. The number of rotatable bonds is 5. The first kappa shape index (κ1) is 32.3. The highest BCUT2D eigenvalue weighted by molar-refractivity contribution is 6.07. The molecule has 10 nitrogen and oxygen atoms in total. The molecule has 3 atom stereocenters. The summed E-state index contributed by atoms with van der Waals surface area (Å²) in [4.78, 5) is 39.7. The van der Waals surface area contributed by atoms with Gasteiger partial charge in [-0.05, 0) is 27.8 Å². The number of amides is 1. The number of carbonyl (C=O) groups excluding carboxylic acids is 1. The van der Waals surface area contributed by atoms with E-state index >= 15 is 8.78 Å². The number of nitrogens with one attached hydrogen (secondary N) is 1. The van der Waals surface area contributed by atoms with Crippen LogP contribution in [-0.4, -0.2) is 83.4 Å². The number of aryl methyl sites for hydroxylation is 1. The largest absolute Gasteiger partial charge is 0.417 e.